The van der Waals surface area contributed by atoms with E-state index in [9.17, 15) is 19.7 Å². The van der Waals surface area contributed by atoms with Gasteiger partial charge in [0.25, 0.3) is 11.6 Å². The zero-order chi connectivity index (χ0) is 24.7. The largest absolute Gasteiger partial charge is 0.493 e. The van der Waals surface area contributed by atoms with Crippen LogP contribution < -0.4 is 19.5 Å². The van der Waals surface area contributed by atoms with Crippen LogP contribution in [0.1, 0.15) is 17.3 Å². The van der Waals surface area contributed by atoms with E-state index in [-0.39, 0.29) is 24.5 Å². The van der Waals surface area contributed by atoms with Crippen molar-refractivity contribution in [3.05, 3.63) is 63.5 Å². The fraction of sp³-hybridized carbons (Fsp3) is 0.217. The number of benzene rings is 2. The molecule has 0 saturated heterocycles. The summed E-state index contributed by atoms with van der Waals surface area (Å²) in [5.41, 5.74) is 1.37. The van der Waals surface area contributed by atoms with Gasteiger partial charge in [0, 0.05) is 23.1 Å². The van der Waals surface area contributed by atoms with E-state index in [0.717, 1.165) is 0 Å². The van der Waals surface area contributed by atoms with E-state index in [4.69, 9.17) is 18.9 Å². The van der Waals surface area contributed by atoms with E-state index in [0.29, 0.717) is 33.4 Å². The van der Waals surface area contributed by atoms with Crippen molar-refractivity contribution in [1.29, 1.82) is 0 Å². The molecular weight excluding hydrogens is 464 g/mol. The van der Waals surface area contributed by atoms with Crippen LogP contribution in [0.25, 0.3) is 11.1 Å². The summed E-state index contributed by atoms with van der Waals surface area (Å²) >= 11 is 1.17. The number of nitro groups is 1. The van der Waals surface area contributed by atoms with Crippen LogP contribution >= 0.6 is 11.3 Å². The van der Waals surface area contributed by atoms with Gasteiger partial charge in [0.15, 0.2) is 18.1 Å². The van der Waals surface area contributed by atoms with Crippen molar-refractivity contribution in [2.45, 2.75) is 6.92 Å². The van der Waals surface area contributed by atoms with Crippen LogP contribution in [0.5, 0.6) is 17.2 Å². The van der Waals surface area contributed by atoms with Crippen LogP contribution in [0, 0.1) is 10.1 Å². The van der Waals surface area contributed by atoms with Gasteiger partial charge < -0.3 is 24.3 Å². The lowest BCUT2D eigenvalue weighted by Gasteiger charge is -2.11. The Kier molecular flexibility index (Phi) is 8.04. The number of methoxy groups -OCH3 is 2. The number of nitrogens with zero attached hydrogens (tertiary/aromatic N) is 1. The molecule has 0 bridgehead atoms. The third-order valence-electron chi connectivity index (χ3n) is 4.64. The van der Waals surface area contributed by atoms with E-state index in [2.05, 4.69) is 5.32 Å². The molecule has 178 valence electrons. The smallest absolute Gasteiger partial charge is 0.341 e. The molecule has 0 aliphatic rings. The number of esters is 1. The fourth-order valence-corrected chi connectivity index (χ4v) is 4.02. The van der Waals surface area contributed by atoms with Crippen LogP contribution in [-0.4, -0.2) is 44.2 Å². The van der Waals surface area contributed by atoms with E-state index in [1.54, 1.807) is 30.5 Å². The third-order valence-corrected chi connectivity index (χ3v) is 5.53. The van der Waals surface area contributed by atoms with Crippen molar-refractivity contribution in [2.24, 2.45) is 0 Å². The SMILES string of the molecule is CCOC(=O)c1c(-c2ccc(OC)c(OC)c2)csc1NC(=O)COc1ccc([N+](=O)[O-])cc1. The lowest BCUT2D eigenvalue weighted by Crippen LogP contribution is -2.21. The summed E-state index contributed by atoms with van der Waals surface area (Å²) in [5.74, 6) is 0.229. The van der Waals surface area contributed by atoms with Gasteiger partial charge in [0.1, 0.15) is 16.3 Å². The highest BCUT2D eigenvalue weighted by Crippen LogP contribution is 2.39. The quantitative estimate of drug-likeness (QED) is 0.252. The van der Waals surface area contributed by atoms with Gasteiger partial charge in [-0.15, -0.1) is 11.3 Å². The van der Waals surface area contributed by atoms with Gasteiger partial charge in [0.05, 0.1) is 25.7 Å². The van der Waals surface area contributed by atoms with Crippen LogP contribution in [-0.2, 0) is 9.53 Å². The number of carbonyl (C=O) groups is 2. The molecule has 0 spiro atoms. The molecule has 11 heteroatoms. The maximum absolute atomic E-state index is 12.7. The molecule has 2 aromatic carbocycles. The molecular formula is C23H22N2O8S. The monoisotopic (exact) mass is 486 g/mol. The average molecular weight is 487 g/mol. The summed E-state index contributed by atoms with van der Waals surface area (Å²) in [6.45, 7) is 1.50. The minimum atomic E-state index is -0.583. The molecule has 3 aromatic rings. The van der Waals surface area contributed by atoms with Crippen LogP contribution in [0.2, 0.25) is 0 Å². The first kappa shape index (κ1) is 24.5. The fourth-order valence-electron chi connectivity index (χ4n) is 3.05. The highest BCUT2D eigenvalue weighted by atomic mass is 32.1. The predicted molar refractivity (Wildman–Crippen MR) is 126 cm³/mol. The van der Waals surface area contributed by atoms with Crippen molar-refractivity contribution in [3.63, 3.8) is 0 Å². The van der Waals surface area contributed by atoms with Gasteiger partial charge in [-0.05, 0) is 36.8 Å². The molecule has 0 saturated carbocycles. The molecule has 0 radical (unpaired) electrons. The van der Waals surface area contributed by atoms with Gasteiger partial charge in [-0.2, -0.15) is 0 Å². The van der Waals surface area contributed by atoms with Crippen molar-refractivity contribution >= 4 is 33.9 Å². The van der Waals surface area contributed by atoms with Gasteiger partial charge >= 0.3 is 5.97 Å². The van der Waals surface area contributed by atoms with Crippen molar-refractivity contribution < 1.29 is 33.5 Å². The Bertz CT molecular complexity index is 1190. The number of amides is 1. The summed E-state index contributed by atoms with van der Waals surface area (Å²) < 4.78 is 21.2. The molecule has 0 atom stereocenters. The highest BCUT2D eigenvalue weighted by molar-refractivity contribution is 7.15. The number of hydrogen-bond donors (Lipinski definition) is 1. The zero-order valence-electron chi connectivity index (χ0n) is 18.7. The van der Waals surface area contributed by atoms with Crippen molar-refractivity contribution in [1.82, 2.24) is 0 Å². The van der Waals surface area contributed by atoms with E-state index < -0.39 is 16.8 Å². The Morgan fingerprint density at radius 2 is 1.76 bits per heavy atom. The first-order valence-electron chi connectivity index (χ1n) is 10.1. The number of non-ortho nitro benzene ring substituents is 1. The second kappa shape index (κ2) is 11.1. The second-order valence-corrected chi connectivity index (χ2v) is 7.61. The first-order chi connectivity index (χ1) is 16.4. The van der Waals surface area contributed by atoms with E-state index in [1.807, 2.05) is 0 Å². The lowest BCUT2D eigenvalue weighted by molar-refractivity contribution is -0.384. The Morgan fingerprint density at radius 3 is 2.38 bits per heavy atom. The number of anilines is 1. The van der Waals surface area contributed by atoms with E-state index in [1.165, 1.54) is 49.8 Å². The second-order valence-electron chi connectivity index (χ2n) is 6.73. The average Bonchev–Trinajstić information content (AvgIpc) is 3.26. The molecule has 34 heavy (non-hydrogen) atoms. The maximum atomic E-state index is 12.7. The Labute approximate surface area is 199 Å². The number of ether oxygens (including phenoxy) is 4. The van der Waals surface area contributed by atoms with E-state index >= 15 is 0 Å². The Morgan fingerprint density at radius 1 is 1.06 bits per heavy atom. The van der Waals surface area contributed by atoms with Crippen molar-refractivity contribution in [3.8, 4) is 28.4 Å². The first-order valence-corrected chi connectivity index (χ1v) is 10.9. The predicted octanol–water partition coefficient (Wildman–Crippen LogP) is 4.53. The molecule has 0 aliphatic heterocycles. The minimum Gasteiger partial charge on any atom is -0.493 e. The molecule has 0 unspecified atom stereocenters. The van der Waals surface area contributed by atoms with Gasteiger partial charge in [-0.1, -0.05) is 6.07 Å². The number of nitro benzene ring substituents is 1. The molecule has 0 aliphatic carbocycles. The number of rotatable bonds is 10. The van der Waals surface area contributed by atoms with Crippen LogP contribution in [0.3, 0.4) is 0 Å². The maximum Gasteiger partial charge on any atom is 0.341 e. The molecule has 1 heterocycles. The normalized spacial score (nSPS) is 10.3. The molecule has 10 nitrogen and oxygen atoms in total. The number of carbonyl (C=O) groups excluding carboxylic acids is 2. The summed E-state index contributed by atoms with van der Waals surface area (Å²) in [7, 11) is 3.04. The molecule has 3 rings (SSSR count). The zero-order valence-corrected chi connectivity index (χ0v) is 19.5. The number of nitrogens with one attached hydrogen (secondary N) is 1. The topological polar surface area (TPSA) is 126 Å². The summed E-state index contributed by atoms with van der Waals surface area (Å²) in [6, 6.07) is 10.6. The van der Waals surface area contributed by atoms with Gasteiger partial charge in [-0.3, -0.25) is 14.9 Å². The Balaban J connectivity index is 1.81. The Hall–Kier alpha value is -4.12. The minimum absolute atomic E-state index is 0.0860. The van der Waals surface area contributed by atoms with Crippen LogP contribution in [0.4, 0.5) is 10.7 Å². The number of thiophene rings is 1. The number of hydrogen-bond acceptors (Lipinski definition) is 9. The summed E-state index contributed by atoms with van der Waals surface area (Å²) in [6.07, 6.45) is 0. The van der Waals surface area contributed by atoms with Crippen molar-refractivity contribution in [2.75, 3.05) is 32.8 Å². The van der Waals surface area contributed by atoms with Gasteiger partial charge in [-0.25, -0.2) is 4.79 Å². The molecule has 1 amide bonds. The van der Waals surface area contributed by atoms with Gasteiger partial charge in [0.2, 0.25) is 0 Å². The summed E-state index contributed by atoms with van der Waals surface area (Å²) in [5, 5.41) is 15.5. The molecule has 1 aromatic heterocycles. The molecule has 0 fully saturated rings. The third kappa shape index (κ3) is 5.62. The molecule has 1 N–H and O–H groups in total. The lowest BCUT2D eigenvalue weighted by atomic mass is 10.0. The van der Waals surface area contributed by atoms with Crippen LogP contribution in [0.15, 0.2) is 47.8 Å². The standard InChI is InChI=1S/C23H22N2O8S/c1-4-32-23(27)21-17(14-5-10-18(30-2)19(11-14)31-3)13-34-22(21)24-20(26)12-33-16-8-6-15(7-9-16)25(28)29/h5-11,13H,4,12H2,1-3H3,(H,24,26). The highest BCUT2D eigenvalue weighted by Gasteiger charge is 2.23. The summed E-state index contributed by atoms with van der Waals surface area (Å²) in [4.78, 5) is 35.4.